The maximum atomic E-state index is 13.2. The molecule has 11 atom stereocenters. The largest absolute Gasteiger partial charge is 0.462 e. The second kappa shape index (κ2) is 13.1. The van der Waals surface area contributed by atoms with E-state index >= 15 is 0 Å². The SMILES string of the molecule is CC(C=CC=C(C)C(O)C(C)C1CC(O)C2(C)OC2C=CC(C)C2CC(CC(=O)O2)CC2OC2C(=O)O1)=Cc1coc(C)n1. The maximum Gasteiger partial charge on any atom is 0.338 e. The van der Waals surface area contributed by atoms with E-state index in [0.717, 1.165) is 11.3 Å². The molecule has 10 nitrogen and oxygen atoms in total. The minimum Gasteiger partial charge on any atom is -0.462 e. The van der Waals surface area contributed by atoms with Gasteiger partial charge in [-0.15, -0.1) is 0 Å². The van der Waals surface area contributed by atoms with Crippen LogP contribution in [0.4, 0.5) is 0 Å². The second-order valence-electron chi connectivity index (χ2n) is 13.1. The van der Waals surface area contributed by atoms with Crippen LogP contribution in [0.2, 0.25) is 0 Å². The van der Waals surface area contributed by atoms with Crippen LogP contribution in [0.3, 0.4) is 0 Å². The lowest BCUT2D eigenvalue weighted by atomic mass is 9.84. The number of cyclic esters (lactones) is 1. The third-order valence-electron chi connectivity index (χ3n) is 9.42. The lowest BCUT2D eigenvalue weighted by Gasteiger charge is -2.32. The van der Waals surface area contributed by atoms with E-state index in [4.69, 9.17) is 23.4 Å². The molecule has 3 fully saturated rings. The summed E-state index contributed by atoms with van der Waals surface area (Å²) in [7, 11) is 0. The van der Waals surface area contributed by atoms with Crippen LogP contribution in [0.15, 0.2) is 52.2 Å². The van der Waals surface area contributed by atoms with Gasteiger partial charge in [-0.3, -0.25) is 4.79 Å². The van der Waals surface area contributed by atoms with Crippen molar-refractivity contribution in [3.05, 3.63) is 59.4 Å². The van der Waals surface area contributed by atoms with E-state index in [2.05, 4.69) is 4.98 Å². The molecule has 44 heavy (non-hydrogen) atoms. The van der Waals surface area contributed by atoms with E-state index in [1.54, 1.807) is 20.1 Å². The minimum absolute atomic E-state index is 0.0290. The Hall–Kier alpha value is -3.05. The smallest absolute Gasteiger partial charge is 0.338 e. The van der Waals surface area contributed by atoms with Crippen molar-refractivity contribution in [2.45, 2.75) is 116 Å². The number of hydrogen-bond acceptors (Lipinski definition) is 10. The van der Waals surface area contributed by atoms with E-state index in [1.165, 1.54) is 0 Å². The van der Waals surface area contributed by atoms with Gasteiger partial charge in [0.1, 0.15) is 35.9 Å². The zero-order valence-electron chi connectivity index (χ0n) is 26.3. The van der Waals surface area contributed by atoms with Gasteiger partial charge in [0, 0.05) is 31.6 Å². The summed E-state index contributed by atoms with van der Waals surface area (Å²) in [5.41, 5.74) is 1.49. The number of aryl methyl sites for hydroxylation is 1. The Morgan fingerprint density at radius 2 is 1.89 bits per heavy atom. The summed E-state index contributed by atoms with van der Waals surface area (Å²) in [4.78, 5) is 29.9. The number of rotatable bonds is 6. The van der Waals surface area contributed by atoms with Crippen molar-refractivity contribution in [3.8, 4) is 0 Å². The number of fused-ring (bicyclic) bond motifs is 4. The predicted molar refractivity (Wildman–Crippen MR) is 161 cm³/mol. The molecule has 0 radical (unpaired) electrons. The Bertz CT molecular complexity index is 1340. The first kappa shape index (κ1) is 32.3. The number of epoxide rings is 2. The molecular weight excluding hydrogens is 566 g/mol. The minimum atomic E-state index is -0.960. The maximum absolute atomic E-state index is 13.2. The van der Waals surface area contributed by atoms with Gasteiger partial charge in [-0.1, -0.05) is 44.2 Å². The van der Waals surface area contributed by atoms with Crippen molar-refractivity contribution < 1.29 is 43.2 Å². The fourth-order valence-electron chi connectivity index (χ4n) is 6.25. The summed E-state index contributed by atoms with van der Waals surface area (Å²) in [6.07, 6.45) is 10.2. The van der Waals surface area contributed by atoms with Gasteiger partial charge in [0.25, 0.3) is 0 Å². The number of nitrogens with zero attached hydrogens (tertiary/aromatic N) is 1. The Morgan fingerprint density at radius 1 is 1.14 bits per heavy atom. The molecule has 5 heterocycles. The molecule has 4 aliphatic heterocycles. The predicted octanol–water partition coefficient (Wildman–Crippen LogP) is 4.39. The molecule has 0 amide bonds. The summed E-state index contributed by atoms with van der Waals surface area (Å²) in [5, 5.41) is 22.6. The molecule has 4 aliphatic rings. The Balaban J connectivity index is 1.30. The first-order chi connectivity index (χ1) is 20.8. The molecular formula is C34H45NO9. The molecule has 0 spiro atoms. The standard InChI is InChI=1S/C34H45NO9/c1-18(12-24-17-40-22(5)35-24)8-7-9-20(3)31(38)21(4)26-16-28(36)34(6)29(44-34)11-10-19(2)25-13-23(15-30(37)41-25)14-27-32(42-27)33(39)43-26/h7-12,17,19,21,23,25-29,31-32,36,38H,13-16H2,1-6H3. The fourth-order valence-corrected chi connectivity index (χ4v) is 6.25. The summed E-state index contributed by atoms with van der Waals surface area (Å²) in [6.45, 7) is 11.2. The Kier molecular flexibility index (Phi) is 9.65. The molecule has 240 valence electrons. The molecule has 2 N–H and O–H groups in total. The van der Waals surface area contributed by atoms with Gasteiger partial charge in [0.05, 0.1) is 18.3 Å². The number of aliphatic hydroxyl groups is 2. The number of carbonyl (C=O) groups is 2. The highest BCUT2D eigenvalue weighted by atomic mass is 16.6. The van der Waals surface area contributed by atoms with Crippen LogP contribution in [0, 0.1) is 24.7 Å². The van der Waals surface area contributed by atoms with E-state index in [-0.39, 0.29) is 42.5 Å². The molecule has 1 aromatic heterocycles. The third kappa shape index (κ3) is 7.59. The average Bonchev–Trinajstić information content (AvgIpc) is 3.84. The van der Waals surface area contributed by atoms with Crippen molar-refractivity contribution in [3.63, 3.8) is 0 Å². The highest BCUT2D eigenvalue weighted by Gasteiger charge is 2.57. The van der Waals surface area contributed by atoms with E-state index in [9.17, 15) is 19.8 Å². The van der Waals surface area contributed by atoms with Crippen LogP contribution < -0.4 is 0 Å². The van der Waals surface area contributed by atoms with Gasteiger partial charge < -0.3 is 33.6 Å². The van der Waals surface area contributed by atoms with Crippen LogP contribution >= 0.6 is 0 Å². The Labute approximate surface area is 258 Å². The van der Waals surface area contributed by atoms with Gasteiger partial charge in [0.15, 0.2) is 12.0 Å². The first-order valence-electron chi connectivity index (χ1n) is 15.6. The number of esters is 2. The lowest BCUT2D eigenvalue weighted by molar-refractivity contribution is -0.159. The molecule has 0 saturated carbocycles. The van der Waals surface area contributed by atoms with E-state index < -0.39 is 41.9 Å². The van der Waals surface area contributed by atoms with Gasteiger partial charge in [-0.25, -0.2) is 9.78 Å². The van der Waals surface area contributed by atoms with Gasteiger partial charge in [-0.2, -0.15) is 0 Å². The second-order valence-corrected chi connectivity index (χ2v) is 13.1. The normalized spacial score (nSPS) is 37.9. The number of aliphatic hydroxyl groups excluding tert-OH is 2. The average molecular weight is 612 g/mol. The molecule has 3 saturated heterocycles. The molecule has 10 heteroatoms. The highest BCUT2D eigenvalue weighted by molar-refractivity contribution is 5.78. The van der Waals surface area contributed by atoms with Gasteiger partial charge >= 0.3 is 11.9 Å². The first-order valence-corrected chi connectivity index (χ1v) is 15.6. The third-order valence-corrected chi connectivity index (χ3v) is 9.42. The molecule has 11 unspecified atom stereocenters. The summed E-state index contributed by atoms with van der Waals surface area (Å²) in [5.74, 6) is -0.684. The lowest BCUT2D eigenvalue weighted by Crippen LogP contribution is -2.41. The summed E-state index contributed by atoms with van der Waals surface area (Å²) >= 11 is 0. The van der Waals surface area contributed by atoms with Gasteiger partial charge in [-0.05, 0) is 56.8 Å². The topological polar surface area (TPSA) is 144 Å². The van der Waals surface area contributed by atoms with E-state index in [1.807, 2.05) is 64.2 Å². The number of carbonyl (C=O) groups excluding carboxylic acids is 2. The van der Waals surface area contributed by atoms with Crippen molar-refractivity contribution in [1.82, 2.24) is 4.98 Å². The zero-order valence-corrected chi connectivity index (χ0v) is 26.3. The van der Waals surface area contributed by atoms with Crippen LogP contribution in [0.5, 0.6) is 0 Å². The zero-order chi connectivity index (χ0) is 31.8. The van der Waals surface area contributed by atoms with Crippen molar-refractivity contribution >= 4 is 18.0 Å². The summed E-state index contributed by atoms with van der Waals surface area (Å²) < 4.78 is 28.5. The quantitative estimate of drug-likeness (QED) is 0.206. The monoisotopic (exact) mass is 611 g/mol. The van der Waals surface area contributed by atoms with Crippen molar-refractivity contribution in [1.29, 1.82) is 0 Å². The van der Waals surface area contributed by atoms with E-state index in [0.29, 0.717) is 30.7 Å². The number of aromatic nitrogens is 1. The molecule has 2 bridgehead atoms. The fraction of sp³-hybridized carbons (Fsp3) is 0.618. The summed E-state index contributed by atoms with van der Waals surface area (Å²) in [6, 6.07) is 0. The molecule has 0 aliphatic carbocycles. The number of oxazole rings is 1. The molecule has 1 aromatic rings. The van der Waals surface area contributed by atoms with Crippen molar-refractivity contribution in [2.24, 2.45) is 17.8 Å². The van der Waals surface area contributed by atoms with Gasteiger partial charge in [0.2, 0.25) is 0 Å². The highest BCUT2D eigenvalue weighted by Crippen LogP contribution is 2.44. The number of ether oxygens (including phenoxy) is 4. The Morgan fingerprint density at radius 3 is 2.61 bits per heavy atom. The number of allylic oxidation sites excluding steroid dienone is 4. The van der Waals surface area contributed by atoms with Crippen LogP contribution in [0.1, 0.15) is 71.9 Å². The van der Waals surface area contributed by atoms with Crippen LogP contribution in [-0.4, -0.2) is 75.5 Å². The molecule has 0 aromatic carbocycles. The number of hydrogen-bond donors (Lipinski definition) is 2. The van der Waals surface area contributed by atoms with Crippen LogP contribution in [0.25, 0.3) is 6.08 Å². The van der Waals surface area contributed by atoms with Crippen molar-refractivity contribution in [2.75, 3.05) is 0 Å². The van der Waals surface area contributed by atoms with Crippen LogP contribution in [-0.2, 0) is 28.5 Å². The molecule has 5 rings (SSSR count).